The van der Waals surface area contributed by atoms with Gasteiger partial charge < -0.3 is 4.74 Å². The summed E-state index contributed by atoms with van der Waals surface area (Å²) in [5.74, 6) is 1.46. The highest BCUT2D eigenvalue weighted by molar-refractivity contribution is 14.1. The van der Waals surface area contributed by atoms with E-state index in [1.807, 2.05) is 42.5 Å². The number of aromatic nitrogens is 1. The Labute approximate surface area is 139 Å². The van der Waals surface area contributed by atoms with Gasteiger partial charge in [-0.1, -0.05) is 34.1 Å². The highest BCUT2D eigenvalue weighted by Gasteiger charge is 2.08. The molecule has 1 aromatic heterocycles. The van der Waals surface area contributed by atoms with Crippen molar-refractivity contribution < 1.29 is 4.74 Å². The summed E-state index contributed by atoms with van der Waals surface area (Å²) >= 11 is 5.77. The van der Waals surface area contributed by atoms with Crippen LogP contribution >= 0.6 is 38.5 Å². The summed E-state index contributed by atoms with van der Waals surface area (Å²) in [4.78, 5) is 4.61. The van der Waals surface area contributed by atoms with Crippen molar-refractivity contribution in [2.45, 2.75) is 5.33 Å². The van der Waals surface area contributed by atoms with E-state index < -0.39 is 0 Å². The number of alkyl halides is 1. The maximum Gasteiger partial charge on any atom is 0.223 e. The molecule has 100 valence electrons. The molecule has 0 spiro atoms. The lowest BCUT2D eigenvalue weighted by Crippen LogP contribution is -1.94. The lowest BCUT2D eigenvalue weighted by atomic mass is 10.2. The van der Waals surface area contributed by atoms with Crippen LogP contribution in [0.25, 0.3) is 10.9 Å². The van der Waals surface area contributed by atoms with Crippen LogP contribution in [-0.4, -0.2) is 4.98 Å². The topological polar surface area (TPSA) is 22.1 Å². The zero-order valence-corrected chi connectivity index (χ0v) is 14.3. The van der Waals surface area contributed by atoms with Crippen molar-refractivity contribution >= 4 is 49.4 Å². The predicted octanol–water partition coefficient (Wildman–Crippen LogP) is 5.53. The van der Waals surface area contributed by atoms with Gasteiger partial charge in [-0.25, -0.2) is 4.98 Å². The van der Waals surface area contributed by atoms with Crippen LogP contribution in [-0.2, 0) is 5.33 Å². The highest BCUT2D eigenvalue weighted by Crippen LogP contribution is 2.28. The molecular formula is C16H11BrINO. The molecule has 0 bridgehead atoms. The monoisotopic (exact) mass is 439 g/mol. The van der Waals surface area contributed by atoms with Gasteiger partial charge in [0.25, 0.3) is 0 Å². The molecule has 4 heteroatoms. The second-order valence-corrected chi connectivity index (χ2v) is 6.14. The minimum absolute atomic E-state index is 0.654. The van der Waals surface area contributed by atoms with Gasteiger partial charge in [-0.05, 0) is 59.0 Å². The summed E-state index contributed by atoms with van der Waals surface area (Å²) in [6.45, 7) is 0. The number of benzene rings is 2. The van der Waals surface area contributed by atoms with E-state index in [-0.39, 0.29) is 0 Å². The molecule has 0 saturated heterocycles. The van der Waals surface area contributed by atoms with Crippen LogP contribution in [0, 0.1) is 3.57 Å². The molecule has 0 unspecified atom stereocenters. The van der Waals surface area contributed by atoms with E-state index in [0.717, 1.165) is 22.2 Å². The fourth-order valence-corrected chi connectivity index (χ4v) is 2.70. The number of fused-ring (bicyclic) bond motifs is 1. The average molecular weight is 440 g/mol. The van der Waals surface area contributed by atoms with Crippen LogP contribution in [0.4, 0.5) is 0 Å². The highest BCUT2D eigenvalue weighted by atomic mass is 127. The Balaban J connectivity index is 2.03. The van der Waals surface area contributed by atoms with Crippen LogP contribution in [0.3, 0.4) is 0 Å². The summed E-state index contributed by atoms with van der Waals surface area (Å²) in [5.41, 5.74) is 1.99. The molecule has 20 heavy (non-hydrogen) atoms. The molecule has 0 N–H and O–H groups in total. The summed E-state index contributed by atoms with van der Waals surface area (Å²) in [5, 5.41) is 1.83. The number of para-hydroxylation sites is 1. The quantitative estimate of drug-likeness (QED) is 0.395. The van der Waals surface area contributed by atoms with E-state index in [9.17, 15) is 0 Å². The second kappa shape index (κ2) is 6.10. The standard InChI is InChI=1S/C16H11BrINO/c17-10-12-9-11-3-1-2-4-15(11)19-16(12)20-14-7-5-13(18)6-8-14/h1-9H,10H2. The number of nitrogens with zero attached hydrogens (tertiary/aromatic N) is 1. The molecule has 0 fully saturated rings. The van der Waals surface area contributed by atoms with E-state index in [1.165, 1.54) is 3.57 Å². The number of hydrogen-bond acceptors (Lipinski definition) is 2. The molecule has 0 aliphatic rings. The van der Waals surface area contributed by atoms with E-state index in [4.69, 9.17) is 4.74 Å². The summed E-state index contributed by atoms with van der Waals surface area (Å²) < 4.78 is 7.10. The minimum Gasteiger partial charge on any atom is -0.439 e. The van der Waals surface area contributed by atoms with Gasteiger partial charge in [0.2, 0.25) is 5.88 Å². The fourth-order valence-electron chi connectivity index (χ4n) is 1.94. The summed E-state index contributed by atoms with van der Waals surface area (Å²) in [6, 6.07) is 18.1. The Morgan fingerprint density at radius 3 is 2.55 bits per heavy atom. The van der Waals surface area contributed by atoms with Crippen LogP contribution in [0.1, 0.15) is 5.56 Å². The first-order chi connectivity index (χ1) is 9.76. The lowest BCUT2D eigenvalue weighted by molar-refractivity contribution is 0.461. The first kappa shape index (κ1) is 13.8. The van der Waals surface area contributed by atoms with Crippen molar-refractivity contribution in [1.82, 2.24) is 4.98 Å². The molecule has 3 aromatic rings. The Hall–Kier alpha value is -1.14. The van der Waals surface area contributed by atoms with E-state index >= 15 is 0 Å². The van der Waals surface area contributed by atoms with E-state index in [0.29, 0.717) is 11.2 Å². The molecular weight excluding hydrogens is 429 g/mol. The minimum atomic E-state index is 0.654. The Bertz CT molecular complexity index is 743. The van der Waals surface area contributed by atoms with Crippen LogP contribution in [0.5, 0.6) is 11.6 Å². The molecule has 0 amide bonds. The van der Waals surface area contributed by atoms with Gasteiger partial charge >= 0.3 is 0 Å². The van der Waals surface area contributed by atoms with Crippen LogP contribution in [0.15, 0.2) is 54.6 Å². The van der Waals surface area contributed by atoms with Crippen LogP contribution < -0.4 is 4.74 Å². The molecule has 1 heterocycles. The summed E-state index contributed by atoms with van der Waals surface area (Å²) in [6.07, 6.45) is 0. The molecule has 0 atom stereocenters. The second-order valence-electron chi connectivity index (χ2n) is 4.33. The molecule has 0 aliphatic carbocycles. The maximum atomic E-state index is 5.92. The number of ether oxygens (including phenoxy) is 1. The average Bonchev–Trinajstić information content (AvgIpc) is 2.49. The lowest BCUT2D eigenvalue weighted by Gasteiger charge is -2.10. The molecule has 0 radical (unpaired) electrons. The van der Waals surface area contributed by atoms with Gasteiger partial charge in [-0.2, -0.15) is 0 Å². The third-order valence-corrected chi connectivity index (χ3v) is 4.26. The van der Waals surface area contributed by atoms with E-state index in [1.54, 1.807) is 0 Å². The van der Waals surface area contributed by atoms with Crippen molar-refractivity contribution in [2.75, 3.05) is 0 Å². The molecule has 3 rings (SSSR count). The van der Waals surface area contributed by atoms with Gasteiger partial charge in [0.05, 0.1) is 5.52 Å². The molecule has 0 aliphatic heterocycles. The summed E-state index contributed by atoms with van der Waals surface area (Å²) in [7, 11) is 0. The maximum absolute atomic E-state index is 5.92. The van der Waals surface area contributed by atoms with Crippen LogP contribution in [0.2, 0.25) is 0 Å². The van der Waals surface area contributed by atoms with Gasteiger partial charge in [-0.15, -0.1) is 0 Å². The Kier molecular flexibility index (Phi) is 4.21. The van der Waals surface area contributed by atoms with Gasteiger partial charge in [0.1, 0.15) is 5.75 Å². The SMILES string of the molecule is BrCc1cc2ccccc2nc1Oc1ccc(I)cc1. The van der Waals surface area contributed by atoms with Gasteiger partial charge in [0, 0.05) is 19.8 Å². The van der Waals surface area contributed by atoms with Gasteiger partial charge in [-0.3, -0.25) is 0 Å². The zero-order valence-electron chi connectivity index (χ0n) is 10.5. The number of hydrogen-bond donors (Lipinski definition) is 0. The Morgan fingerprint density at radius 2 is 1.80 bits per heavy atom. The number of halogens is 2. The number of pyridine rings is 1. The normalized spacial score (nSPS) is 10.7. The first-order valence-corrected chi connectivity index (χ1v) is 8.34. The fraction of sp³-hybridized carbons (Fsp3) is 0.0625. The molecule has 2 aromatic carbocycles. The third-order valence-electron chi connectivity index (χ3n) is 2.94. The molecule has 0 saturated carbocycles. The smallest absolute Gasteiger partial charge is 0.223 e. The Morgan fingerprint density at radius 1 is 1.05 bits per heavy atom. The molecule has 2 nitrogen and oxygen atoms in total. The predicted molar refractivity (Wildman–Crippen MR) is 93.6 cm³/mol. The van der Waals surface area contributed by atoms with Crippen molar-refractivity contribution in [3.63, 3.8) is 0 Å². The zero-order chi connectivity index (χ0) is 13.9. The largest absolute Gasteiger partial charge is 0.439 e. The third kappa shape index (κ3) is 2.96. The van der Waals surface area contributed by atoms with Gasteiger partial charge in [0.15, 0.2) is 0 Å². The van der Waals surface area contributed by atoms with E-state index in [2.05, 4.69) is 55.6 Å². The van der Waals surface area contributed by atoms with Crippen molar-refractivity contribution in [3.05, 3.63) is 63.7 Å². The van der Waals surface area contributed by atoms with Crippen molar-refractivity contribution in [1.29, 1.82) is 0 Å². The van der Waals surface area contributed by atoms with Crippen molar-refractivity contribution in [3.8, 4) is 11.6 Å². The first-order valence-electron chi connectivity index (χ1n) is 6.14. The number of rotatable bonds is 3. The van der Waals surface area contributed by atoms with Crippen molar-refractivity contribution in [2.24, 2.45) is 0 Å².